The molecule has 1 unspecified atom stereocenters. The van der Waals surface area contributed by atoms with Gasteiger partial charge < -0.3 is 16.0 Å². The summed E-state index contributed by atoms with van der Waals surface area (Å²) in [4.78, 5) is 26.5. The Bertz CT molecular complexity index is 528. The van der Waals surface area contributed by atoms with Crippen LogP contribution in [0.4, 0.5) is 0 Å². The van der Waals surface area contributed by atoms with Crippen molar-refractivity contribution in [3.8, 4) is 0 Å². The molecule has 21 heavy (non-hydrogen) atoms. The van der Waals surface area contributed by atoms with Gasteiger partial charge in [-0.05, 0) is 31.2 Å². The van der Waals surface area contributed by atoms with Crippen LogP contribution in [0.5, 0.6) is 0 Å². The number of likely N-dealkylation sites (tertiary alicyclic amines) is 1. The minimum atomic E-state index is -0.694. The quantitative estimate of drug-likeness (QED) is 0.866. The number of amides is 2. The highest BCUT2D eigenvalue weighted by molar-refractivity contribution is 5.91. The van der Waals surface area contributed by atoms with E-state index in [9.17, 15) is 9.59 Å². The fourth-order valence-electron chi connectivity index (χ4n) is 2.81. The fraction of sp³-hybridized carbons (Fsp3) is 0.500. The molecule has 1 aliphatic heterocycles. The molecule has 2 atom stereocenters. The smallest absolute Gasteiger partial charge is 0.244 e. The molecule has 112 valence electrons. The van der Waals surface area contributed by atoms with Crippen molar-refractivity contribution in [2.75, 3.05) is 6.54 Å². The van der Waals surface area contributed by atoms with Crippen LogP contribution < -0.4 is 11.1 Å². The summed E-state index contributed by atoms with van der Waals surface area (Å²) in [5.41, 5.74) is 6.86. The summed E-state index contributed by atoms with van der Waals surface area (Å²) >= 11 is 0. The second-order valence-electron chi connectivity index (χ2n) is 5.86. The highest BCUT2D eigenvalue weighted by atomic mass is 16.2. The van der Waals surface area contributed by atoms with Gasteiger partial charge in [0, 0.05) is 12.6 Å². The number of hydrogen-bond acceptors (Lipinski definition) is 3. The van der Waals surface area contributed by atoms with E-state index in [0.717, 1.165) is 31.2 Å². The van der Waals surface area contributed by atoms with Gasteiger partial charge in [0.1, 0.15) is 12.1 Å². The molecule has 1 heterocycles. The van der Waals surface area contributed by atoms with E-state index in [2.05, 4.69) is 5.32 Å². The van der Waals surface area contributed by atoms with Crippen LogP contribution in [0, 0.1) is 0 Å². The maximum Gasteiger partial charge on any atom is 0.244 e. The normalized spacial score (nSPS) is 22.9. The van der Waals surface area contributed by atoms with Crippen molar-refractivity contribution in [2.24, 2.45) is 5.73 Å². The Kier molecular flexibility index (Phi) is 3.92. The van der Waals surface area contributed by atoms with E-state index in [1.165, 1.54) is 0 Å². The summed E-state index contributed by atoms with van der Waals surface area (Å²) in [6.07, 6.45) is 3.69. The minimum absolute atomic E-state index is 0.0244. The Hall–Kier alpha value is -1.88. The summed E-state index contributed by atoms with van der Waals surface area (Å²) < 4.78 is 0. The zero-order valence-electron chi connectivity index (χ0n) is 12.0. The number of carbonyl (C=O) groups excluding carboxylic acids is 2. The zero-order valence-corrected chi connectivity index (χ0v) is 12.0. The third kappa shape index (κ3) is 3.08. The molecule has 1 aliphatic carbocycles. The van der Waals surface area contributed by atoms with E-state index in [-0.39, 0.29) is 17.9 Å². The number of nitrogens with one attached hydrogen (secondary N) is 1. The first-order valence-corrected chi connectivity index (χ1v) is 7.58. The summed E-state index contributed by atoms with van der Waals surface area (Å²) in [6.45, 7) is 0.613. The first-order chi connectivity index (χ1) is 10.2. The van der Waals surface area contributed by atoms with Gasteiger partial charge in [0.25, 0.3) is 0 Å². The monoisotopic (exact) mass is 287 g/mol. The number of benzene rings is 1. The van der Waals surface area contributed by atoms with E-state index < -0.39 is 6.04 Å². The summed E-state index contributed by atoms with van der Waals surface area (Å²) in [5, 5.41) is 2.99. The fourth-order valence-corrected chi connectivity index (χ4v) is 2.81. The van der Waals surface area contributed by atoms with Crippen molar-refractivity contribution in [1.29, 1.82) is 0 Å². The molecule has 2 fully saturated rings. The Morgan fingerprint density at radius 3 is 2.57 bits per heavy atom. The summed E-state index contributed by atoms with van der Waals surface area (Å²) in [7, 11) is 0. The van der Waals surface area contributed by atoms with Crippen molar-refractivity contribution in [3.05, 3.63) is 35.9 Å². The van der Waals surface area contributed by atoms with E-state index in [1.807, 2.05) is 30.3 Å². The number of rotatable bonds is 4. The molecule has 0 spiro atoms. The summed E-state index contributed by atoms with van der Waals surface area (Å²) in [5.74, 6) is -0.182. The van der Waals surface area contributed by atoms with E-state index in [4.69, 9.17) is 5.73 Å². The van der Waals surface area contributed by atoms with Gasteiger partial charge in [-0.3, -0.25) is 9.59 Å². The zero-order chi connectivity index (χ0) is 14.8. The average Bonchev–Trinajstić information content (AvgIpc) is 3.18. The minimum Gasteiger partial charge on any atom is -0.352 e. The van der Waals surface area contributed by atoms with Crippen LogP contribution >= 0.6 is 0 Å². The van der Waals surface area contributed by atoms with Crippen molar-refractivity contribution in [2.45, 2.75) is 43.8 Å². The van der Waals surface area contributed by atoms with Crippen LogP contribution in [0.2, 0.25) is 0 Å². The molecule has 3 N–H and O–H groups in total. The van der Waals surface area contributed by atoms with Crippen LogP contribution in [0.25, 0.3) is 0 Å². The number of hydrogen-bond donors (Lipinski definition) is 2. The third-order valence-electron chi connectivity index (χ3n) is 4.19. The molecule has 2 aliphatic rings. The van der Waals surface area contributed by atoms with Gasteiger partial charge in [0.05, 0.1) is 0 Å². The molecule has 0 radical (unpaired) electrons. The second kappa shape index (κ2) is 5.85. The summed E-state index contributed by atoms with van der Waals surface area (Å²) in [6, 6.07) is 8.58. The molecule has 1 aromatic rings. The Balaban J connectivity index is 1.69. The molecule has 2 amide bonds. The molecular weight excluding hydrogens is 266 g/mol. The Morgan fingerprint density at radius 1 is 1.19 bits per heavy atom. The van der Waals surface area contributed by atoms with E-state index >= 15 is 0 Å². The molecule has 3 rings (SSSR count). The predicted octanol–water partition coefficient (Wildman–Crippen LogP) is 0.956. The first-order valence-electron chi connectivity index (χ1n) is 7.58. The van der Waals surface area contributed by atoms with Crippen LogP contribution in [-0.2, 0) is 9.59 Å². The standard InChI is InChI=1S/C16H21N3O2/c17-14(11-5-2-1-3-6-11)16(21)19-10-4-7-13(19)15(20)18-12-8-9-12/h1-3,5-6,12-14H,4,7-10,17H2,(H,18,20)/t13?,14-/m0/s1. The van der Waals surface area contributed by atoms with Crippen LogP contribution in [0.1, 0.15) is 37.3 Å². The molecule has 5 nitrogen and oxygen atoms in total. The lowest BCUT2D eigenvalue weighted by molar-refractivity contribution is -0.139. The lowest BCUT2D eigenvalue weighted by Crippen LogP contribution is -2.49. The molecular formula is C16H21N3O2. The molecule has 0 bridgehead atoms. The van der Waals surface area contributed by atoms with Crippen LogP contribution in [0.15, 0.2) is 30.3 Å². The lowest BCUT2D eigenvalue weighted by Gasteiger charge is -2.26. The van der Waals surface area contributed by atoms with Crippen molar-refractivity contribution in [3.63, 3.8) is 0 Å². The van der Waals surface area contributed by atoms with Gasteiger partial charge in [-0.1, -0.05) is 30.3 Å². The van der Waals surface area contributed by atoms with Gasteiger partial charge in [-0.2, -0.15) is 0 Å². The highest BCUT2D eigenvalue weighted by Crippen LogP contribution is 2.24. The molecule has 0 aromatic heterocycles. The predicted molar refractivity (Wildman–Crippen MR) is 79.3 cm³/mol. The van der Waals surface area contributed by atoms with E-state index in [1.54, 1.807) is 4.90 Å². The largest absolute Gasteiger partial charge is 0.352 e. The number of nitrogens with two attached hydrogens (primary N) is 1. The maximum absolute atomic E-state index is 12.6. The lowest BCUT2D eigenvalue weighted by atomic mass is 10.1. The van der Waals surface area contributed by atoms with Crippen molar-refractivity contribution >= 4 is 11.8 Å². The third-order valence-corrected chi connectivity index (χ3v) is 4.19. The van der Waals surface area contributed by atoms with Crippen molar-refractivity contribution < 1.29 is 9.59 Å². The second-order valence-corrected chi connectivity index (χ2v) is 5.86. The Labute approximate surface area is 124 Å². The van der Waals surface area contributed by atoms with Crippen LogP contribution in [-0.4, -0.2) is 35.3 Å². The molecule has 1 saturated carbocycles. The first kappa shape index (κ1) is 14.1. The number of carbonyl (C=O) groups is 2. The van der Waals surface area contributed by atoms with Gasteiger partial charge in [0.15, 0.2) is 0 Å². The Morgan fingerprint density at radius 2 is 1.90 bits per heavy atom. The van der Waals surface area contributed by atoms with Gasteiger partial charge in [-0.25, -0.2) is 0 Å². The van der Waals surface area contributed by atoms with Crippen LogP contribution in [0.3, 0.4) is 0 Å². The number of nitrogens with zero attached hydrogens (tertiary/aromatic N) is 1. The average molecular weight is 287 g/mol. The highest BCUT2D eigenvalue weighted by Gasteiger charge is 2.38. The van der Waals surface area contributed by atoms with Gasteiger partial charge in [0.2, 0.25) is 11.8 Å². The molecule has 5 heteroatoms. The van der Waals surface area contributed by atoms with Gasteiger partial charge in [-0.15, -0.1) is 0 Å². The van der Waals surface area contributed by atoms with E-state index in [0.29, 0.717) is 12.6 Å². The van der Waals surface area contributed by atoms with Crippen molar-refractivity contribution in [1.82, 2.24) is 10.2 Å². The topological polar surface area (TPSA) is 75.4 Å². The maximum atomic E-state index is 12.6. The van der Waals surface area contributed by atoms with Gasteiger partial charge >= 0.3 is 0 Å². The SMILES string of the molecule is N[C@H](C(=O)N1CCCC1C(=O)NC1CC1)c1ccccc1. The molecule has 1 aromatic carbocycles. The molecule has 1 saturated heterocycles.